The molecule has 0 N–H and O–H groups in total. The van der Waals surface area contributed by atoms with E-state index in [4.69, 9.17) is 0 Å². The Morgan fingerprint density at radius 1 is 0.840 bits per heavy atom. The van der Waals surface area contributed by atoms with Crippen molar-refractivity contribution in [1.29, 1.82) is 0 Å². The van der Waals surface area contributed by atoms with E-state index < -0.39 is 0 Å². The van der Waals surface area contributed by atoms with Gasteiger partial charge in [-0.2, -0.15) is 0 Å². The molecule has 1 saturated heterocycles. The van der Waals surface area contributed by atoms with Gasteiger partial charge in [0.15, 0.2) is 0 Å². The summed E-state index contributed by atoms with van der Waals surface area (Å²) in [5.41, 5.74) is 2.70. The zero-order valence-electron chi connectivity index (χ0n) is 15.5. The van der Waals surface area contributed by atoms with Crippen LogP contribution in [0, 0.1) is 11.8 Å². The highest BCUT2D eigenvalue weighted by atomic mass is 15.2. The van der Waals surface area contributed by atoms with E-state index in [1.807, 2.05) is 0 Å². The quantitative estimate of drug-likeness (QED) is 0.671. The second kappa shape index (κ2) is 8.88. The van der Waals surface area contributed by atoms with Crippen LogP contribution in [0.25, 0.3) is 0 Å². The number of piperidine rings is 1. The monoisotopic (exact) mass is 331 g/mol. The van der Waals surface area contributed by atoms with Crippen LogP contribution in [0.4, 0.5) is 0 Å². The molecule has 25 heavy (non-hydrogen) atoms. The Hall–Kier alpha value is -2.04. The lowest BCUT2D eigenvalue weighted by Gasteiger charge is -2.37. The Morgan fingerprint density at radius 3 is 1.88 bits per heavy atom. The van der Waals surface area contributed by atoms with Gasteiger partial charge in [0.2, 0.25) is 0 Å². The van der Waals surface area contributed by atoms with E-state index in [0.29, 0.717) is 18.0 Å². The van der Waals surface area contributed by atoms with Crippen LogP contribution in [-0.2, 0) is 0 Å². The van der Waals surface area contributed by atoms with E-state index >= 15 is 0 Å². The molecule has 2 atom stereocenters. The first-order chi connectivity index (χ1) is 12.3. The molecule has 1 heterocycles. The smallest absolute Gasteiger partial charge is 0.0606 e. The molecule has 2 aromatic carbocycles. The molecule has 1 aliphatic heterocycles. The van der Waals surface area contributed by atoms with Crippen LogP contribution in [0.1, 0.15) is 56.6 Å². The Balaban J connectivity index is 1.70. The summed E-state index contributed by atoms with van der Waals surface area (Å²) >= 11 is 0. The van der Waals surface area contributed by atoms with E-state index in [0.717, 1.165) is 13.0 Å². The van der Waals surface area contributed by atoms with Crippen LogP contribution in [0.2, 0.25) is 0 Å². The SMILES string of the molecule is C[C@@H]1CCC[C@@H](C)N1CC#CCC(c1ccccc1)c1ccccc1. The normalized spacial score (nSPS) is 20.9. The Kier molecular flexibility index (Phi) is 6.31. The van der Waals surface area contributed by atoms with Crippen molar-refractivity contribution in [2.24, 2.45) is 0 Å². The number of likely N-dealkylation sites (tertiary alicyclic amines) is 1. The predicted octanol–water partition coefficient (Wildman–Crippen LogP) is 5.47. The average Bonchev–Trinajstić information content (AvgIpc) is 2.65. The Labute approximate surface area is 153 Å². The van der Waals surface area contributed by atoms with Crippen LogP contribution >= 0.6 is 0 Å². The van der Waals surface area contributed by atoms with Crippen molar-refractivity contribution in [3.05, 3.63) is 71.8 Å². The second-order valence-electron chi connectivity index (χ2n) is 7.23. The molecular weight excluding hydrogens is 302 g/mol. The predicted molar refractivity (Wildman–Crippen MR) is 107 cm³/mol. The van der Waals surface area contributed by atoms with E-state index in [-0.39, 0.29) is 0 Å². The molecule has 0 bridgehead atoms. The van der Waals surface area contributed by atoms with Gasteiger partial charge in [0.1, 0.15) is 0 Å². The first-order valence-electron chi connectivity index (χ1n) is 9.57. The maximum atomic E-state index is 3.48. The van der Waals surface area contributed by atoms with Crippen LogP contribution in [0.5, 0.6) is 0 Å². The van der Waals surface area contributed by atoms with Crippen LogP contribution in [0.15, 0.2) is 60.7 Å². The fraction of sp³-hybridized carbons (Fsp3) is 0.417. The topological polar surface area (TPSA) is 3.24 Å². The molecule has 0 aromatic heterocycles. The summed E-state index contributed by atoms with van der Waals surface area (Å²) in [7, 11) is 0. The van der Waals surface area contributed by atoms with Crippen molar-refractivity contribution in [3.8, 4) is 11.8 Å². The van der Waals surface area contributed by atoms with E-state index in [2.05, 4.69) is 91.3 Å². The molecule has 1 fully saturated rings. The zero-order chi connectivity index (χ0) is 17.5. The molecule has 1 nitrogen and oxygen atoms in total. The summed E-state index contributed by atoms with van der Waals surface area (Å²) in [6.07, 6.45) is 4.85. The minimum Gasteiger partial charge on any atom is -0.287 e. The third kappa shape index (κ3) is 4.74. The van der Waals surface area contributed by atoms with Gasteiger partial charge in [-0.3, -0.25) is 4.90 Å². The van der Waals surface area contributed by atoms with Crippen LogP contribution in [-0.4, -0.2) is 23.5 Å². The fourth-order valence-corrected chi connectivity index (χ4v) is 3.91. The molecule has 130 valence electrons. The third-order valence-electron chi connectivity index (χ3n) is 5.47. The van der Waals surface area contributed by atoms with Crippen molar-refractivity contribution < 1.29 is 0 Å². The highest BCUT2D eigenvalue weighted by Crippen LogP contribution is 2.27. The highest BCUT2D eigenvalue weighted by Gasteiger charge is 2.23. The summed E-state index contributed by atoms with van der Waals surface area (Å²) in [5.74, 6) is 7.29. The summed E-state index contributed by atoms with van der Waals surface area (Å²) in [6.45, 7) is 5.58. The van der Waals surface area contributed by atoms with Crippen molar-refractivity contribution in [3.63, 3.8) is 0 Å². The minimum atomic E-state index is 0.353. The number of rotatable bonds is 4. The number of hydrogen-bond acceptors (Lipinski definition) is 1. The summed E-state index contributed by atoms with van der Waals surface area (Å²) in [5, 5.41) is 0. The van der Waals surface area contributed by atoms with Crippen molar-refractivity contribution in [2.45, 2.75) is 57.5 Å². The molecule has 0 amide bonds. The van der Waals surface area contributed by atoms with Crippen LogP contribution < -0.4 is 0 Å². The standard InChI is InChI=1S/C24H29N/c1-20-12-11-13-21(2)25(20)19-10-9-18-24(22-14-5-3-6-15-22)23-16-7-4-8-17-23/h3-8,14-17,20-21,24H,11-13,18-19H2,1-2H3/t20-,21-/m1/s1. The number of benzene rings is 2. The van der Waals surface area contributed by atoms with Gasteiger partial charge in [0.05, 0.1) is 6.54 Å². The maximum absolute atomic E-state index is 3.48. The molecule has 3 rings (SSSR count). The molecule has 2 aromatic rings. The van der Waals surface area contributed by atoms with Crippen molar-refractivity contribution in [1.82, 2.24) is 4.90 Å². The molecular formula is C24H29N. The van der Waals surface area contributed by atoms with Crippen LogP contribution in [0.3, 0.4) is 0 Å². The summed E-state index contributed by atoms with van der Waals surface area (Å²) in [4.78, 5) is 2.57. The highest BCUT2D eigenvalue weighted by molar-refractivity contribution is 5.34. The molecule has 1 heteroatoms. The summed E-state index contributed by atoms with van der Waals surface area (Å²) in [6, 6.07) is 22.8. The first-order valence-corrected chi connectivity index (χ1v) is 9.57. The van der Waals surface area contributed by atoms with E-state index in [1.54, 1.807) is 0 Å². The lowest BCUT2D eigenvalue weighted by Crippen LogP contribution is -2.43. The largest absolute Gasteiger partial charge is 0.287 e. The van der Waals surface area contributed by atoms with Gasteiger partial charge >= 0.3 is 0 Å². The van der Waals surface area contributed by atoms with Gasteiger partial charge in [0, 0.05) is 24.4 Å². The zero-order valence-corrected chi connectivity index (χ0v) is 15.5. The lowest BCUT2D eigenvalue weighted by atomic mass is 9.89. The van der Waals surface area contributed by atoms with Gasteiger partial charge in [-0.15, -0.1) is 5.92 Å². The minimum absolute atomic E-state index is 0.353. The molecule has 0 spiro atoms. The summed E-state index contributed by atoms with van der Waals surface area (Å²) < 4.78 is 0. The first kappa shape index (κ1) is 17.8. The molecule has 0 unspecified atom stereocenters. The fourth-order valence-electron chi connectivity index (χ4n) is 3.91. The Morgan fingerprint density at radius 2 is 1.36 bits per heavy atom. The molecule has 0 saturated carbocycles. The number of hydrogen-bond donors (Lipinski definition) is 0. The van der Waals surface area contributed by atoms with Gasteiger partial charge in [-0.1, -0.05) is 73.0 Å². The average molecular weight is 332 g/mol. The third-order valence-corrected chi connectivity index (χ3v) is 5.47. The second-order valence-corrected chi connectivity index (χ2v) is 7.23. The van der Waals surface area contributed by atoms with Crippen molar-refractivity contribution in [2.75, 3.05) is 6.54 Å². The van der Waals surface area contributed by atoms with E-state index in [1.165, 1.54) is 30.4 Å². The van der Waals surface area contributed by atoms with Gasteiger partial charge < -0.3 is 0 Å². The molecule has 1 aliphatic rings. The maximum Gasteiger partial charge on any atom is 0.0606 e. The van der Waals surface area contributed by atoms with Gasteiger partial charge in [-0.25, -0.2) is 0 Å². The number of nitrogens with zero attached hydrogens (tertiary/aromatic N) is 1. The van der Waals surface area contributed by atoms with Gasteiger partial charge in [-0.05, 0) is 37.8 Å². The van der Waals surface area contributed by atoms with Gasteiger partial charge in [0.25, 0.3) is 0 Å². The lowest BCUT2D eigenvalue weighted by molar-refractivity contribution is 0.121. The Bertz CT molecular complexity index is 646. The van der Waals surface area contributed by atoms with Crippen molar-refractivity contribution >= 4 is 0 Å². The molecule has 0 radical (unpaired) electrons. The molecule has 0 aliphatic carbocycles. The van der Waals surface area contributed by atoms with E-state index in [9.17, 15) is 0 Å².